The lowest BCUT2D eigenvalue weighted by Crippen LogP contribution is -2.37. The molecular weight excluding hydrogens is 363 g/mol. The zero-order valence-electron chi connectivity index (χ0n) is 14.1. The molecule has 0 saturated heterocycles. The molecule has 0 aliphatic heterocycles. The number of amides is 1. The van der Waals surface area contributed by atoms with Gasteiger partial charge in [0.2, 0.25) is 0 Å². The van der Waals surface area contributed by atoms with Crippen LogP contribution in [0.1, 0.15) is 22.8 Å². The Morgan fingerprint density at radius 3 is 2.48 bits per heavy atom. The van der Waals surface area contributed by atoms with E-state index in [1.54, 1.807) is 18.2 Å². The fourth-order valence-electron chi connectivity index (χ4n) is 2.04. The standard InChI is InChI=1S/C18H21ClN2O3.ClH/c1-12(10-20)21-18(22)14-5-8-16(17(9-14)23-2)24-11-13-3-6-15(19)7-4-13;/h3-9,12H,10-11,20H2,1-2H3,(H,21,22);1H/t12-;/m0./s1. The number of carbonyl (C=O) groups excluding carboxylic acids is 1. The summed E-state index contributed by atoms with van der Waals surface area (Å²) in [6.07, 6.45) is 0. The quantitative estimate of drug-likeness (QED) is 0.766. The maximum absolute atomic E-state index is 12.1. The van der Waals surface area contributed by atoms with E-state index in [2.05, 4.69) is 5.32 Å². The lowest BCUT2D eigenvalue weighted by Gasteiger charge is -2.14. The van der Waals surface area contributed by atoms with Crippen LogP contribution >= 0.6 is 24.0 Å². The first kappa shape index (κ1) is 21.1. The Bertz CT molecular complexity index is 693. The summed E-state index contributed by atoms with van der Waals surface area (Å²) in [6.45, 7) is 2.60. The van der Waals surface area contributed by atoms with Gasteiger partial charge in [0, 0.05) is 23.2 Å². The summed E-state index contributed by atoms with van der Waals surface area (Å²) in [5.74, 6) is 0.864. The molecule has 7 heteroatoms. The Morgan fingerprint density at radius 1 is 1.20 bits per heavy atom. The van der Waals surface area contributed by atoms with E-state index >= 15 is 0 Å². The highest BCUT2D eigenvalue weighted by Gasteiger charge is 2.13. The number of benzene rings is 2. The zero-order chi connectivity index (χ0) is 17.5. The van der Waals surface area contributed by atoms with Crippen molar-refractivity contribution < 1.29 is 14.3 Å². The highest BCUT2D eigenvalue weighted by atomic mass is 35.5. The molecular formula is C18H22Cl2N2O3. The monoisotopic (exact) mass is 384 g/mol. The molecule has 3 N–H and O–H groups in total. The maximum atomic E-state index is 12.1. The molecule has 1 atom stereocenters. The molecule has 136 valence electrons. The summed E-state index contributed by atoms with van der Waals surface area (Å²) in [4.78, 5) is 12.1. The van der Waals surface area contributed by atoms with E-state index < -0.39 is 0 Å². The van der Waals surface area contributed by atoms with Crippen LogP contribution in [0.2, 0.25) is 5.02 Å². The molecule has 0 aliphatic rings. The van der Waals surface area contributed by atoms with E-state index in [9.17, 15) is 4.79 Å². The number of halogens is 2. The molecule has 0 aliphatic carbocycles. The molecule has 0 aromatic heterocycles. The summed E-state index contributed by atoms with van der Waals surface area (Å²) >= 11 is 5.86. The number of hydrogen-bond acceptors (Lipinski definition) is 4. The molecule has 1 amide bonds. The van der Waals surface area contributed by atoms with Gasteiger partial charge < -0.3 is 20.5 Å². The van der Waals surface area contributed by atoms with Crippen molar-refractivity contribution in [2.75, 3.05) is 13.7 Å². The predicted octanol–water partition coefficient (Wildman–Crippen LogP) is 3.43. The van der Waals surface area contributed by atoms with Crippen LogP contribution in [0.4, 0.5) is 0 Å². The van der Waals surface area contributed by atoms with Crippen molar-refractivity contribution >= 4 is 29.9 Å². The number of carbonyl (C=O) groups is 1. The second kappa shape index (κ2) is 10.1. The predicted molar refractivity (Wildman–Crippen MR) is 102 cm³/mol. The average Bonchev–Trinajstić information content (AvgIpc) is 2.60. The van der Waals surface area contributed by atoms with Crippen LogP contribution in [0.5, 0.6) is 11.5 Å². The minimum Gasteiger partial charge on any atom is -0.493 e. The Balaban J connectivity index is 0.00000312. The van der Waals surface area contributed by atoms with Gasteiger partial charge in [-0.25, -0.2) is 0 Å². The van der Waals surface area contributed by atoms with Gasteiger partial charge in [0.05, 0.1) is 7.11 Å². The summed E-state index contributed by atoms with van der Waals surface area (Å²) in [5, 5.41) is 3.49. The first-order valence-corrected chi connectivity index (χ1v) is 7.97. The van der Waals surface area contributed by atoms with Crippen molar-refractivity contribution in [3.05, 3.63) is 58.6 Å². The van der Waals surface area contributed by atoms with Crippen LogP contribution < -0.4 is 20.5 Å². The van der Waals surface area contributed by atoms with Gasteiger partial charge >= 0.3 is 0 Å². The van der Waals surface area contributed by atoms with E-state index in [1.165, 1.54) is 7.11 Å². The van der Waals surface area contributed by atoms with Gasteiger partial charge in [0.1, 0.15) is 6.61 Å². The molecule has 0 spiro atoms. The SMILES string of the molecule is COc1cc(C(=O)N[C@@H](C)CN)ccc1OCc1ccc(Cl)cc1.Cl. The van der Waals surface area contributed by atoms with E-state index in [0.717, 1.165) is 5.56 Å². The Hall–Kier alpha value is -1.95. The highest BCUT2D eigenvalue weighted by molar-refractivity contribution is 6.30. The Kier molecular flexibility index (Phi) is 8.55. The third kappa shape index (κ3) is 6.12. The number of hydrogen-bond donors (Lipinski definition) is 2. The first-order valence-electron chi connectivity index (χ1n) is 7.59. The molecule has 5 nitrogen and oxygen atoms in total. The molecule has 0 unspecified atom stereocenters. The lowest BCUT2D eigenvalue weighted by molar-refractivity contribution is 0.0941. The van der Waals surface area contributed by atoms with Crippen LogP contribution in [0, 0.1) is 0 Å². The number of nitrogens with one attached hydrogen (secondary N) is 1. The molecule has 2 aromatic carbocycles. The average molecular weight is 385 g/mol. The molecule has 2 rings (SSSR count). The van der Waals surface area contributed by atoms with Crippen molar-refractivity contribution in [1.29, 1.82) is 0 Å². The molecule has 25 heavy (non-hydrogen) atoms. The molecule has 0 heterocycles. The topological polar surface area (TPSA) is 73.6 Å². The van der Waals surface area contributed by atoms with Crippen LogP contribution in [0.15, 0.2) is 42.5 Å². The van der Waals surface area contributed by atoms with E-state index in [0.29, 0.717) is 35.2 Å². The Labute approximate surface area is 158 Å². The van der Waals surface area contributed by atoms with Crippen molar-refractivity contribution in [2.45, 2.75) is 19.6 Å². The fraction of sp³-hybridized carbons (Fsp3) is 0.278. The van der Waals surface area contributed by atoms with Crippen LogP contribution in [-0.2, 0) is 6.61 Å². The van der Waals surface area contributed by atoms with Gasteiger partial charge in [0.15, 0.2) is 11.5 Å². The number of rotatable bonds is 7. The largest absolute Gasteiger partial charge is 0.493 e. The molecule has 2 aromatic rings. The van der Waals surface area contributed by atoms with E-state index in [1.807, 2.05) is 31.2 Å². The summed E-state index contributed by atoms with van der Waals surface area (Å²) < 4.78 is 11.1. The van der Waals surface area contributed by atoms with Crippen molar-refractivity contribution in [2.24, 2.45) is 5.73 Å². The van der Waals surface area contributed by atoms with Gasteiger partial charge in [-0.15, -0.1) is 12.4 Å². The van der Waals surface area contributed by atoms with Crippen LogP contribution in [0.25, 0.3) is 0 Å². The van der Waals surface area contributed by atoms with Gasteiger partial charge in [0.25, 0.3) is 5.91 Å². The summed E-state index contributed by atoms with van der Waals surface area (Å²) in [7, 11) is 1.54. The molecule has 0 fully saturated rings. The zero-order valence-corrected chi connectivity index (χ0v) is 15.7. The summed E-state index contributed by atoms with van der Waals surface area (Å²) in [6, 6.07) is 12.4. The smallest absolute Gasteiger partial charge is 0.251 e. The fourth-order valence-corrected chi connectivity index (χ4v) is 2.16. The first-order chi connectivity index (χ1) is 11.5. The lowest BCUT2D eigenvalue weighted by atomic mass is 10.1. The molecule has 0 radical (unpaired) electrons. The van der Waals surface area contributed by atoms with E-state index in [4.69, 9.17) is 26.8 Å². The number of ether oxygens (including phenoxy) is 2. The second-order valence-electron chi connectivity index (χ2n) is 5.39. The maximum Gasteiger partial charge on any atom is 0.251 e. The third-order valence-electron chi connectivity index (χ3n) is 3.46. The van der Waals surface area contributed by atoms with Crippen LogP contribution in [0.3, 0.4) is 0 Å². The molecule has 0 saturated carbocycles. The van der Waals surface area contributed by atoms with Crippen molar-refractivity contribution in [3.8, 4) is 11.5 Å². The van der Waals surface area contributed by atoms with E-state index in [-0.39, 0.29) is 24.4 Å². The minimum atomic E-state index is -0.199. The van der Waals surface area contributed by atoms with Gasteiger partial charge in [-0.3, -0.25) is 4.79 Å². The Morgan fingerprint density at radius 2 is 1.88 bits per heavy atom. The number of nitrogens with two attached hydrogens (primary N) is 1. The highest BCUT2D eigenvalue weighted by Crippen LogP contribution is 2.29. The third-order valence-corrected chi connectivity index (χ3v) is 3.72. The van der Waals surface area contributed by atoms with Crippen molar-refractivity contribution in [1.82, 2.24) is 5.32 Å². The van der Waals surface area contributed by atoms with Gasteiger partial charge in [-0.1, -0.05) is 23.7 Å². The van der Waals surface area contributed by atoms with Gasteiger partial charge in [-0.05, 0) is 42.8 Å². The van der Waals surface area contributed by atoms with Crippen molar-refractivity contribution in [3.63, 3.8) is 0 Å². The molecule has 0 bridgehead atoms. The summed E-state index contributed by atoms with van der Waals surface area (Å²) in [5.41, 5.74) is 6.99. The van der Waals surface area contributed by atoms with Crippen LogP contribution in [-0.4, -0.2) is 25.6 Å². The minimum absolute atomic E-state index is 0. The second-order valence-corrected chi connectivity index (χ2v) is 5.83. The normalized spacial score (nSPS) is 11.2. The number of methoxy groups -OCH3 is 1. The van der Waals surface area contributed by atoms with Gasteiger partial charge in [-0.2, -0.15) is 0 Å².